The van der Waals surface area contributed by atoms with Gasteiger partial charge in [0.2, 0.25) is 6.41 Å². The van der Waals surface area contributed by atoms with Crippen molar-refractivity contribution in [2.24, 2.45) is 5.73 Å². The second kappa shape index (κ2) is 10.1. The van der Waals surface area contributed by atoms with Crippen molar-refractivity contribution < 1.29 is 18.5 Å². The van der Waals surface area contributed by atoms with E-state index in [0.717, 1.165) is 18.6 Å². The number of aromatic nitrogens is 3. The summed E-state index contributed by atoms with van der Waals surface area (Å²) in [6.07, 6.45) is 4.62. The van der Waals surface area contributed by atoms with Crippen molar-refractivity contribution in [3.8, 4) is 17.3 Å². The number of carbonyl (C=O) groups is 2. The molecule has 2 amide bonds. The topological polar surface area (TPSA) is 140 Å². The van der Waals surface area contributed by atoms with Crippen LogP contribution in [0.25, 0.3) is 11.3 Å². The van der Waals surface area contributed by atoms with E-state index in [1.165, 1.54) is 12.1 Å². The standard InChI is InChI=1S/C14H12ClFN4O.C7H8N2O2/c1-9(18-8-21)7-20-3-2-14(19-20)10-4-12(15)11(6-17)13(16)5-10;8-7(10)5-3-6(11-9-5)4-1-2-4/h2-5,8-9H,7H2,1H3,(H,18,21);3-4H,1-2H2,(H2,8,10). The third-order valence-electron chi connectivity index (χ3n) is 4.66. The van der Waals surface area contributed by atoms with Crippen molar-refractivity contribution in [3.05, 3.63) is 58.3 Å². The van der Waals surface area contributed by atoms with Gasteiger partial charge in [0.25, 0.3) is 5.91 Å². The number of rotatable bonds is 7. The smallest absolute Gasteiger partial charge is 0.270 e. The predicted molar refractivity (Wildman–Crippen MR) is 113 cm³/mol. The summed E-state index contributed by atoms with van der Waals surface area (Å²) in [7, 11) is 0. The average Bonchev–Trinajstić information content (AvgIpc) is 3.27. The number of nitrogens with zero attached hydrogens (tertiary/aromatic N) is 4. The van der Waals surface area contributed by atoms with Gasteiger partial charge in [0.1, 0.15) is 23.2 Å². The molecule has 2 aromatic heterocycles. The van der Waals surface area contributed by atoms with Gasteiger partial charge < -0.3 is 15.6 Å². The van der Waals surface area contributed by atoms with Crippen LogP contribution in [0.1, 0.15) is 47.5 Å². The quantitative estimate of drug-likeness (QED) is 0.521. The van der Waals surface area contributed by atoms with Gasteiger partial charge in [0, 0.05) is 29.8 Å². The zero-order chi connectivity index (χ0) is 23.3. The Labute approximate surface area is 187 Å². The molecule has 32 heavy (non-hydrogen) atoms. The zero-order valence-corrected chi connectivity index (χ0v) is 17.8. The number of carbonyl (C=O) groups excluding carboxylic acids is 2. The maximum atomic E-state index is 13.7. The molecule has 166 valence electrons. The van der Waals surface area contributed by atoms with Gasteiger partial charge in [0.05, 0.1) is 17.3 Å². The minimum absolute atomic E-state index is 0.0537. The number of nitriles is 1. The van der Waals surface area contributed by atoms with Gasteiger partial charge in [-0.05, 0) is 38.0 Å². The molecule has 0 bridgehead atoms. The van der Waals surface area contributed by atoms with E-state index < -0.39 is 11.7 Å². The van der Waals surface area contributed by atoms with Crippen LogP contribution in [-0.2, 0) is 11.3 Å². The molecular weight excluding hydrogens is 439 g/mol. The van der Waals surface area contributed by atoms with Gasteiger partial charge >= 0.3 is 0 Å². The highest BCUT2D eigenvalue weighted by molar-refractivity contribution is 6.32. The fraction of sp³-hybridized carbons (Fsp3) is 0.286. The highest BCUT2D eigenvalue weighted by Crippen LogP contribution is 2.40. The fourth-order valence-electron chi connectivity index (χ4n) is 2.86. The summed E-state index contributed by atoms with van der Waals surface area (Å²) in [4.78, 5) is 20.9. The van der Waals surface area contributed by atoms with Crippen LogP contribution in [0, 0.1) is 17.1 Å². The summed E-state index contributed by atoms with van der Waals surface area (Å²) in [6.45, 7) is 2.33. The number of amides is 2. The summed E-state index contributed by atoms with van der Waals surface area (Å²) in [5, 5.41) is 19.3. The van der Waals surface area contributed by atoms with Crippen LogP contribution in [0.2, 0.25) is 5.02 Å². The van der Waals surface area contributed by atoms with Crippen molar-refractivity contribution >= 4 is 23.9 Å². The SMILES string of the molecule is CC(Cn1ccc(-c2cc(F)c(C#N)c(Cl)c2)n1)NC=O.NC(=O)c1cc(C2CC2)on1. The van der Waals surface area contributed by atoms with Gasteiger partial charge in [-0.15, -0.1) is 0 Å². The summed E-state index contributed by atoms with van der Waals surface area (Å²) < 4.78 is 20.3. The molecular formula is C21H20ClFN6O3. The Morgan fingerprint density at radius 2 is 2.25 bits per heavy atom. The van der Waals surface area contributed by atoms with E-state index in [1.54, 1.807) is 29.1 Å². The lowest BCUT2D eigenvalue weighted by molar-refractivity contribution is -0.110. The fourth-order valence-corrected chi connectivity index (χ4v) is 3.11. The molecule has 1 aliphatic rings. The van der Waals surface area contributed by atoms with Crippen LogP contribution < -0.4 is 11.1 Å². The van der Waals surface area contributed by atoms with Crippen LogP contribution in [0.4, 0.5) is 4.39 Å². The Balaban J connectivity index is 0.000000219. The van der Waals surface area contributed by atoms with E-state index >= 15 is 0 Å². The number of primary amides is 1. The maximum Gasteiger partial charge on any atom is 0.270 e. The first-order valence-corrected chi connectivity index (χ1v) is 10.1. The number of halogens is 2. The number of hydrogen-bond acceptors (Lipinski definition) is 6. The maximum absolute atomic E-state index is 13.7. The number of nitrogens with two attached hydrogens (primary N) is 1. The lowest BCUT2D eigenvalue weighted by atomic mass is 10.1. The minimum Gasteiger partial charge on any atom is -0.364 e. The molecule has 3 N–H and O–H groups in total. The molecule has 4 rings (SSSR count). The molecule has 1 aliphatic carbocycles. The van der Waals surface area contributed by atoms with E-state index in [9.17, 15) is 14.0 Å². The molecule has 1 saturated carbocycles. The molecule has 1 atom stereocenters. The molecule has 1 unspecified atom stereocenters. The molecule has 1 aromatic carbocycles. The lowest BCUT2D eigenvalue weighted by Crippen LogP contribution is -2.29. The molecule has 9 nitrogen and oxygen atoms in total. The summed E-state index contributed by atoms with van der Waals surface area (Å²) >= 11 is 5.87. The van der Waals surface area contributed by atoms with Crippen molar-refractivity contribution in [2.75, 3.05) is 0 Å². The average molecular weight is 459 g/mol. The van der Waals surface area contributed by atoms with E-state index in [4.69, 9.17) is 27.1 Å². The lowest BCUT2D eigenvalue weighted by Gasteiger charge is -2.09. The molecule has 3 aromatic rings. The molecule has 0 aliphatic heterocycles. The summed E-state index contributed by atoms with van der Waals surface area (Å²) in [5.41, 5.74) is 6.07. The third kappa shape index (κ3) is 5.70. The first kappa shape index (κ1) is 23.0. The van der Waals surface area contributed by atoms with E-state index in [1.807, 2.05) is 6.92 Å². The monoisotopic (exact) mass is 458 g/mol. The summed E-state index contributed by atoms with van der Waals surface area (Å²) in [5.74, 6) is 0.0700. The Morgan fingerprint density at radius 3 is 2.81 bits per heavy atom. The van der Waals surface area contributed by atoms with Crippen LogP contribution in [-0.4, -0.2) is 33.3 Å². The Kier molecular flexibility index (Phi) is 7.22. The largest absolute Gasteiger partial charge is 0.364 e. The van der Waals surface area contributed by atoms with Crippen LogP contribution in [0.3, 0.4) is 0 Å². The van der Waals surface area contributed by atoms with Crippen molar-refractivity contribution in [1.29, 1.82) is 5.26 Å². The second-order valence-electron chi connectivity index (χ2n) is 7.29. The van der Waals surface area contributed by atoms with Gasteiger partial charge in [0.15, 0.2) is 5.69 Å². The Morgan fingerprint density at radius 1 is 1.50 bits per heavy atom. The number of hydrogen-bond donors (Lipinski definition) is 2. The Bertz CT molecular complexity index is 1140. The molecule has 0 radical (unpaired) electrons. The first-order valence-electron chi connectivity index (χ1n) is 9.71. The first-order chi connectivity index (χ1) is 15.3. The molecule has 1 fully saturated rings. The molecule has 11 heteroatoms. The van der Waals surface area contributed by atoms with E-state index in [0.29, 0.717) is 30.1 Å². The number of benzene rings is 1. The van der Waals surface area contributed by atoms with Gasteiger partial charge in [-0.3, -0.25) is 14.3 Å². The van der Waals surface area contributed by atoms with Crippen molar-refractivity contribution in [1.82, 2.24) is 20.3 Å². The normalized spacial score (nSPS) is 13.4. The zero-order valence-electron chi connectivity index (χ0n) is 17.1. The van der Waals surface area contributed by atoms with Gasteiger partial charge in [-0.2, -0.15) is 10.4 Å². The number of nitrogens with one attached hydrogen (secondary N) is 1. The van der Waals surface area contributed by atoms with E-state index in [-0.39, 0.29) is 22.3 Å². The highest BCUT2D eigenvalue weighted by Gasteiger charge is 2.28. The van der Waals surface area contributed by atoms with Crippen molar-refractivity contribution in [2.45, 2.75) is 38.3 Å². The summed E-state index contributed by atoms with van der Waals surface area (Å²) in [6, 6.07) is 7.71. The second-order valence-corrected chi connectivity index (χ2v) is 7.70. The Hall–Kier alpha value is -3.71. The van der Waals surface area contributed by atoms with Crippen LogP contribution >= 0.6 is 11.6 Å². The minimum atomic E-state index is -0.675. The molecule has 0 spiro atoms. The van der Waals surface area contributed by atoms with Crippen molar-refractivity contribution in [3.63, 3.8) is 0 Å². The van der Waals surface area contributed by atoms with Gasteiger partial charge in [-0.1, -0.05) is 16.8 Å². The van der Waals surface area contributed by atoms with E-state index in [2.05, 4.69) is 15.6 Å². The van der Waals surface area contributed by atoms with Gasteiger partial charge in [-0.25, -0.2) is 4.39 Å². The highest BCUT2D eigenvalue weighted by atomic mass is 35.5. The van der Waals surface area contributed by atoms with Crippen LogP contribution in [0.5, 0.6) is 0 Å². The molecule has 0 saturated heterocycles. The molecule has 2 heterocycles. The third-order valence-corrected chi connectivity index (χ3v) is 4.96. The van der Waals surface area contributed by atoms with Crippen LogP contribution in [0.15, 0.2) is 35.0 Å². The predicted octanol–water partition coefficient (Wildman–Crippen LogP) is 3.00.